The van der Waals surface area contributed by atoms with Gasteiger partial charge in [-0.05, 0) is 85.0 Å². The molecule has 3 heterocycles. The SMILES string of the molecule is COc1ccc(N2C(=S)N[C@@H](c3ccccn3)[C@@H]2c2ccc(-c3ccc(Cl)cc3)o2)cc1. The molecule has 1 N–H and O–H groups in total. The first-order chi connectivity index (χ1) is 15.6. The van der Waals surface area contributed by atoms with Gasteiger partial charge in [0.15, 0.2) is 5.11 Å². The molecule has 1 saturated heterocycles. The number of pyridine rings is 1. The smallest absolute Gasteiger partial charge is 0.174 e. The summed E-state index contributed by atoms with van der Waals surface area (Å²) in [7, 11) is 1.65. The van der Waals surface area contributed by atoms with E-state index in [4.69, 9.17) is 33.0 Å². The van der Waals surface area contributed by atoms with Gasteiger partial charge in [0.05, 0.1) is 18.8 Å². The lowest BCUT2D eigenvalue weighted by Gasteiger charge is -2.26. The van der Waals surface area contributed by atoms with Gasteiger partial charge < -0.3 is 19.4 Å². The van der Waals surface area contributed by atoms with Gasteiger partial charge in [-0.3, -0.25) is 4.98 Å². The van der Waals surface area contributed by atoms with E-state index in [1.165, 1.54) is 0 Å². The van der Waals surface area contributed by atoms with Gasteiger partial charge >= 0.3 is 0 Å². The summed E-state index contributed by atoms with van der Waals surface area (Å²) in [6, 6.07) is 24.9. The Labute approximate surface area is 196 Å². The second-order valence-electron chi connectivity index (χ2n) is 7.40. The van der Waals surface area contributed by atoms with Crippen LogP contribution in [0.1, 0.15) is 23.5 Å². The van der Waals surface area contributed by atoms with E-state index in [0.717, 1.165) is 34.2 Å². The molecule has 0 radical (unpaired) electrons. The zero-order valence-corrected chi connectivity index (χ0v) is 18.8. The van der Waals surface area contributed by atoms with Crippen LogP contribution in [0.3, 0.4) is 0 Å². The highest BCUT2D eigenvalue weighted by molar-refractivity contribution is 7.80. The van der Waals surface area contributed by atoms with Gasteiger partial charge in [0, 0.05) is 22.5 Å². The second kappa shape index (κ2) is 8.65. The number of anilines is 1. The first kappa shape index (κ1) is 20.5. The van der Waals surface area contributed by atoms with Crippen molar-refractivity contribution >= 4 is 34.6 Å². The molecule has 0 spiro atoms. The lowest BCUT2D eigenvalue weighted by Crippen LogP contribution is -2.29. The molecule has 1 fully saturated rings. The number of benzene rings is 2. The number of methoxy groups -OCH3 is 1. The standard InChI is InChI=1S/C25H20ClN3O2S/c1-30-19-11-9-18(10-12-19)29-24(23(28-25(29)32)20-4-2-3-15-27-20)22-14-13-21(31-22)16-5-7-17(26)8-6-16/h2-15,23-24H,1H3,(H,28,32)/t23-,24-/m0/s1. The summed E-state index contributed by atoms with van der Waals surface area (Å²) in [5.74, 6) is 2.34. The van der Waals surface area contributed by atoms with Gasteiger partial charge in [0.25, 0.3) is 0 Å². The number of thiocarbonyl (C=S) groups is 1. The minimum Gasteiger partial charge on any atom is -0.497 e. The van der Waals surface area contributed by atoms with Crippen LogP contribution in [0, 0.1) is 0 Å². The summed E-state index contributed by atoms with van der Waals surface area (Å²) in [5, 5.41) is 4.74. The Morgan fingerprint density at radius 2 is 1.78 bits per heavy atom. The molecule has 0 aliphatic carbocycles. The minimum atomic E-state index is -0.216. The molecule has 1 aliphatic heterocycles. The lowest BCUT2D eigenvalue weighted by atomic mass is 10.0. The van der Waals surface area contributed by atoms with Crippen LogP contribution < -0.4 is 15.0 Å². The highest BCUT2D eigenvalue weighted by Crippen LogP contribution is 2.43. The van der Waals surface area contributed by atoms with Gasteiger partial charge in [0.2, 0.25) is 0 Å². The zero-order valence-electron chi connectivity index (χ0n) is 17.2. The molecule has 0 unspecified atom stereocenters. The van der Waals surface area contributed by atoms with Crippen molar-refractivity contribution in [2.75, 3.05) is 12.0 Å². The molecule has 4 aromatic rings. The van der Waals surface area contributed by atoms with E-state index in [2.05, 4.69) is 15.2 Å². The van der Waals surface area contributed by atoms with E-state index in [1.807, 2.05) is 78.9 Å². The Kier molecular flexibility index (Phi) is 5.55. The van der Waals surface area contributed by atoms with Crippen molar-refractivity contribution in [3.8, 4) is 17.1 Å². The highest BCUT2D eigenvalue weighted by Gasteiger charge is 2.42. The van der Waals surface area contributed by atoms with E-state index in [-0.39, 0.29) is 12.1 Å². The number of nitrogens with zero attached hydrogens (tertiary/aromatic N) is 2. The Morgan fingerprint density at radius 3 is 2.47 bits per heavy atom. The number of nitrogens with one attached hydrogen (secondary N) is 1. The van der Waals surface area contributed by atoms with Crippen molar-refractivity contribution < 1.29 is 9.15 Å². The maximum atomic E-state index is 6.35. The molecule has 160 valence electrons. The third-order valence-electron chi connectivity index (χ3n) is 5.50. The van der Waals surface area contributed by atoms with Gasteiger partial charge in [0.1, 0.15) is 23.3 Å². The van der Waals surface area contributed by atoms with Crippen LogP contribution in [0.25, 0.3) is 11.3 Å². The summed E-state index contributed by atoms with van der Waals surface area (Å²) in [6.07, 6.45) is 1.79. The van der Waals surface area contributed by atoms with Crippen LogP contribution in [-0.4, -0.2) is 17.2 Å². The topological polar surface area (TPSA) is 50.5 Å². The molecule has 5 nitrogen and oxygen atoms in total. The number of halogens is 1. The van der Waals surface area contributed by atoms with E-state index < -0.39 is 0 Å². The van der Waals surface area contributed by atoms with Crippen molar-refractivity contribution in [1.29, 1.82) is 0 Å². The van der Waals surface area contributed by atoms with Crippen LogP contribution in [0.15, 0.2) is 89.5 Å². The number of ether oxygens (including phenoxy) is 1. The van der Waals surface area contributed by atoms with E-state index in [0.29, 0.717) is 10.1 Å². The summed E-state index contributed by atoms with van der Waals surface area (Å²) >= 11 is 11.8. The van der Waals surface area contributed by atoms with Crippen LogP contribution >= 0.6 is 23.8 Å². The normalized spacial score (nSPS) is 17.9. The van der Waals surface area contributed by atoms with Crippen LogP contribution in [-0.2, 0) is 0 Å². The molecule has 1 aliphatic rings. The summed E-state index contributed by atoms with van der Waals surface area (Å²) < 4.78 is 11.7. The third-order valence-corrected chi connectivity index (χ3v) is 6.06. The molecule has 2 aromatic carbocycles. The molecular weight excluding hydrogens is 442 g/mol. The van der Waals surface area contributed by atoms with Crippen molar-refractivity contribution in [3.05, 3.63) is 102 Å². The zero-order chi connectivity index (χ0) is 22.1. The fourth-order valence-electron chi connectivity index (χ4n) is 3.95. The maximum absolute atomic E-state index is 6.35. The fourth-order valence-corrected chi connectivity index (χ4v) is 4.42. The second-order valence-corrected chi connectivity index (χ2v) is 8.23. The quantitative estimate of drug-likeness (QED) is 0.358. The number of hydrogen-bond acceptors (Lipinski definition) is 4. The van der Waals surface area contributed by atoms with Crippen molar-refractivity contribution in [3.63, 3.8) is 0 Å². The van der Waals surface area contributed by atoms with Gasteiger partial charge in [-0.1, -0.05) is 17.7 Å². The highest BCUT2D eigenvalue weighted by atomic mass is 35.5. The number of rotatable bonds is 5. The van der Waals surface area contributed by atoms with Crippen LogP contribution in [0.5, 0.6) is 5.75 Å². The van der Waals surface area contributed by atoms with E-state index in [9.17, 15) is 0 Å². The van der Waals surface area contributed by atoms with Crippen molar-refractivity contribution in [2.45, 2.75) is 12.1 Å². The lowest BCUT2D eigenvalue weighted by molar-refractivity contribution is 0.414. The Hall–Kier alpha value is -3.35. The third kappa shape index (κ3) is 3.83. The van der Waals surface area contributed by atoms with Gasteiger partial charge in [-0.2, -0.15) is 0 Å². The molecule has 0 amide bonds. The number of hydrogen-bond donors (Lipinski definition) is 1. The molecule has 0 bridgehead atoms. The van der Waals surface area contributed by atoms with Crippen molar-refractivity contribution in [2.24, 2.45) is 0 Å². The molecular formula is C25H20ClN3O2S. The molecule has 0 saturated carbocycles. The Morgan fingerprint density at radius 1 is 1.00 bits per heavy atom. The molecule has 5 rings (SSSR count). The molecule has 32 heavy (non-hydrogen) atoms. The largest absolute Gasteiger partial charge is 0.497 e. The van der Waals surface area contributed by atoms with Crippen LogP contribution in [0.2, 0.25) is 5.02 Å². The molecule has 2 aromatic heterocycles. The number of aromatic nitrogens is 1. The van der Waals surface area contributed by atoms with Gasteiger partial charge in [-0.25, -0.2) is 0 Å². The first-order valence-corrected chi connectivity index (χ1v) is 10.9. The van der Waals surface area contributed by atoms with E-state index in [1.54, 1.807) is 13.3 Å². The minimum absolute atomic E-state index is 0.171. The maximum Gasteiger partial charge on any atom is 0.174 e. The van der Waals surface area contributed by atoms with Crippen LogP contribution in [0.4, 0.5) is 5.69 Å². The summed E-state index contributed by atoms with van der Waals surface area (Å²) in [6.45, 7) is 0. The number of furan rings is 1. The predicted molar refractivity (Wildman–Crippen MR) is 130 cm³/mol. The Balaban J connectivity index is 1.57. The summed E-state index contributed by atoms with van der Waals surface area (Å²) in [5.41, 5.74) is 2.79. The monoisotopic (exact) mass is 461 g/mol. The summed E-state index contributed by atoms with van der Waals surface area (Å²) in [4.78, 5) is 6.64. The average molecular weight is 462 g/mol. The fraction of sp³-hybridized carbons (Fsp3) is 0.120. The average Bonchev–Trinajstić information content (AvgIpc) is 3.45. The first-order valence-electron chi connectivity index (χ1n) is 10.1. The predicted octanol–water partition coefficient (Wildman–Crippen LogP) is 6.18. The van der Waals surface area contributed by atoms with Crippen molar-refractivity contribution in [1.82, 2.24) is 10.3 Å². The Bertz CT molecular complexity index is 1230. The molecule has 2 atom stereocenters. The van der Waals surface area contributed by atoms with Gasteiger partial charge in [-0.15, -0.1) is 0 Å². The van der Waals surface area contributed by atoms with E-state index >= 15 is 0 Å². The molecule has 7 heteroatoms.